The van der Waals surface area contributed by atoms with Crippen LogP contribution in [0.15, 0.2) is 91.3 Å². The summed E-state index contributed by atoms with van der Waals surface area (Å²) in [5.41, 5.74) is 2.64. The molecule has 0 radical (unpaired) electrons. The van der Waals surface area contributed by atoms with E-state index in [1.54, 1.807) is 6.08 Å². The number of hydrogen-bond acceptors (Lipinski definition) is 4. The molecule has 0 spiro atoms. The van der Waals surface area contributed by atoms with E-state index in [1.807, 2.05) is 78.9 Å². The van der Waals surface area contributed by atoms with Gasteiger partial charge in [-0.25, -0.2) is 9.97 Å². The van der Waals surface area contributed by atoms with Crippen molar-refractivity contribution in [2.24, 2.45) is 0 Å². The molecule has 0 aliphatic heterocycles. The number of ether oxygens (including phenoxy) is 1. The number of para-hydroxylation sites is 2. The molecule has 5 nitrogen and oxygen atoms in total. The third-order valence-electron chi connectivity index (χ3n) is 4.36. The molecule has 0 saturated heterocycles. The normalized spacial score (nSPS) is 10.9. The SMILES string of the molecule is O=C(/C=C/c1ccccc1Oc1ncnc2ccccc12)NCc1ccccc1. The fraction of sp³-hybridized carbons (Fsp3) is 0.0417. The summed E-state index contributed by atoms with van der Waals surface area (Å²) in [6.45, 7) is 0.481. The molecule has 0 fully saturated rings. The lowest BCUT2D eigenvalue weighted by atomic mass is 10.2. The third kappa shape index (κ3) is 4.65. The van der Waals surface area contributed by atoms with E-state index in [-0.39, 0.29) is 5.91 Å². The van der Waals surface area contributed by atoms with Gasteiger partial charge < -0.3 is 10.1 Å². The highest BCUT2D eigenvalue weighted by molar-refractivity contribution is 5.92. The second-order valence-corrected chi connectivity index (χ2v) is 6.37. The molecule has 142 valence electrons. The van der Waals surface area contributed by atoms with Crippen LogP contribution in [-0.2, 0) is 11.3 Å². The molecular formula is C24H19N3O2. The molecule has 1 aromatic heterocycles. The Morgan fingerprint density at radius 1 is 0.897 bits per heavy atom. The van der Waals surface area contributed by atoms with Crippen molar-refractivity contribution in [2.45, 2.75) is 6.54 Å². The van der Waals surface area contributed by atoms with E-state index in [0.717, 1.165) is 22.0 Å². The average Bonchev–Trinajstić information content (AvgIpc) is 2.78. The van der Waals surface area contributed by atoms with Crippen molar-refractivity contribution in [1.29, 1.82) is 0 Å². The highest BCUT2D eigenvalue weighted by Crippen LogP contribution is 2.29. The lowest BCUT2D eigenvalue weighted by Crippen LogP contribution is -2.20. The fourth-order valence-electron chi connectivity index (χ4n) is 2.89. The highest BCUT2D eigenvalue weighted by Gasteiger charge is 2.08. The summed E-state index contributed by atoms with van der Waals surface area (Å²) in [7, 11) is 0. The van der Waals surface area contributed by atoms with Gasteiger partial charge in [-0.1, -0.05) is 60.7 Å². The van der Waals surface area contributed by atoms with Crippen LogP contribution in [0.25, 0.3) is 17.0 Å². The molecule has 1 heterocycles. The largest absolute Gasteiger partial charge is 0.438 e. The van der Waals surface area contributed by atoms with Crippen molar-refractivity contribution in [3.8, 4) is 11.6 Å². The minimum Gasteiger partial charge on any atom is -0.438 e. The van der Waals surface area contributed by atoms with Crippen LogP contribution in [0.3, 0.4) is 0 Å². The van der Waals surface area contributed by atoms with Gasteiger partial charge in [-0.15, -0.1) is 0 Å². The topological polar surface area (TPSA) is 64.1 Å². The summed E-state index contributed by atoms with van der Waals surface area (Å²) in [5, 5.41) is 3.70. The van der Waals surface area contributed by atoms with Crippen LogP contribution in [0.5, 0.6) is 11.6 Å². The van der Waals surface area contributed by atoms with E-state index >= 15 is 0 Å². The zero-order chi connectivity index (χ0) is 19.9. The first kappa shape index (κ1) is 18.4. The maximum Gasteiger partial charge on any atom is 0.244 e. The second kappa shape index (κ2) is 8.80. The molecule has 0 aliphatic carbocycles. The van der Waals surface area contributed by atoms with Gasteiger partial charge >= 0.3 is 0 Å². The van der Waals surface area contributed by atoms with Gasteiger partial charge in [0.05, 0.1) is 10.9 Å². The molecule has 0 bridgehead atoms. The quantitative estimate of drug-likeness (QED) is 0.490. The summed E-state index contributed by atoms with van der Waals surface area (Å²) in [5.74, 6) is 0.921. The van der Waals surface area contributed by atoms with Gasteiger partial charge in [0.25, 0.3) is 0 Å². The van der Waals surface area contributed by atoms with Gasteiger partial charge in [-0.2, -0.15) is 0 Å². The monoisotopic (exact) mass is 381 g/mol. The van der Waals surface area contributed by atoms with Crippen LogP contribution >= 0.6 is 0 Å². The number of nitrogens with zero attached hydrogens (tertiary/aromatic N) is 2. The summed E-state index contributed by atoms with van der Waals surface area (Å²) in [6.07, 6.45) is 4.72. The Labute approximate surface area is 168 Å². The second-order valence-electron chi connectivity index (χ2n) is 6.37. The van der Waals surface area contributed by atoms with Crippen LogP contribution in [0.4, 0.5) is 0 Å². The van der Waals surface area contributed by atoms with Gasteiger partial charge in [0, 0.05) is 18.2 Å². The Balaban J connectivity index is 1.49. The lowest BCUT2D eigenvalue weighted by molar-refractivity contribution is -0.116. The standard InChI is InChI=1S/C24H19N3O2/c28-23(25-16-18-8-2-1-3-9-18)15-14-19-10-4-7-13-22(19)29-24-20-11-5-6-12-21(20)26-17-27-24/h1-15,17H,16H2,(H,25,28)/b15-14+. The van der Waals surface area contributed by atoms with Gasteiger partial charge in [0.15, 0.2) is 0 Å². The van der Waals surface area contributed by atoms with Gasteiger partial charge in [-0.05, 0) is 29.8 Å². The first-order chi connectivity index (χ1) is 14.3. The van der Waals surface area contributed by atoms with Crippen molar-refractivity contribution >= 4 is 22.9 Å². The number of amides is 1. The van der Waals surface area contributed by atoms with Crippen molar-refractivity contribution in [2.75, 3.05) is 0 Å². The van der Waals surface area contributed by atoms with Gasteiger partial charge in [0.1, 0.15) is 12.1 Å². The van der Waals surface area contributed by atoms with Gasteiger partial charge in [-0.3, -0.25) is 4.79 Å². The smallest absolute Gasteiger partial charge is 0.244 e. The van der Waals surface area contributed by atoms with E-state index in [9.17, 15) is 4.79 Å². The predicted molar refractivity (Wildman–Crippen MR) is 113 cm³/mol. The van der Waals surface area contributed by atoms with Crippen LogP contribution in [-0.4, -0.2) is 15.9 Å². The Morgan fingerprint density at radius 3 is 2.55 bits per heavy atom. The van der Waals surface area contributed by atoms with E-state index in [2.05, 4.69) is 15.3 Å². The Kier molecular flexibility index (Phi) is 5.58. The molecule has 4 aromatic rings. The lowest BCUT2D eigenvalue weighted by Gasteiger charge is -2.09. The summed E-state index contributed by atoms with van der Waals surface area (Å²) in [4.78, 5) is 20.7. The zero-order valence-corrected chi connectivity index (χ0v) is 15.7. The molecule has 4 rings (SSSR count). The van der Waals surface area contributed by atoms with Crippen molar-refractivity contribution in [3.63, 3.8) is 0 Å². The first-order valence-electron chi connectivity index (χ1n) is 9.26. The van der Waals surface area contributed by atoms with E-state index in [4.69, 9.17) is 4.74 Å². The zero-order valence-electron chi connectivity index (χ0n) is 15.7. The number of benzene rings is 3. The highest BCUT2D eigenvalue weighted by atomic mass is 16.5. The molecule has 29 heavy (non-hydrogen) atoms. The molecule has 0 atom stereocenters. The van der Waals surface area contributed by atoms with Gasteiger partial charge in [0.2, 0.25) is 11.8 Å². The molecular weight excluding hydrogens is 362 g/mol. The van der Waals surface area contributed by atoms with Crippen molar-refractivity contribution in [1.82, 2.24) is 15.3 Å². The van der Waals surface area contributed by atoms with E-state index < -0.39 is 0 Å². The Hall–Kier alpha value is -3.99. The number of rotatable bonds is 6. The maximum atomic E-state index is 12.2. The maximum absolute atomic E-state index is 12.2. The minimum atomic E-state index is -0.170. The third-order valence-corrected chi connectivity index (χ3v) is 4.36. The fourth-order valence-corrected chi connectivity index (χ4v) is 2.89. The molecule has 1 amide bonds. The van der Waals surface area contributed by atoms with Crippen LogP contribution < -0.4 is 10.1 Å². The van der Waals surface area contributed by atoms with Crippen LogP contribution in [0.1, 0.15) is 11.1 Å². The van der Waals surface area contributed by atoms with Crippen molar-refractivity contribution < 1.29 is 9.53 Å². The van der Waals surface area contributed by atoms with Crippen LogP contribution in [0.2, 0.25) is 0 Å². The number of fused-ring (bicyclic) bond motifs is 1. The molecule has 5 heteroatoms. The number of carbonyl (C=O) groups excluding carboxylic acids is 1. The number of carbonyl (C=O) groups is 1. The average molecular weight is 381 g/mol. The molecule has 3 aromatic carbocycles. The molecule has 0 aliphatic rings. The summed E-state index contributed by atoms with van der Waals surface area (Å²) < 4.78 is 6.05. The Bertz CT molecular complexity index is 1150. The summed E-state index contributed by atoms with van der Waals surface area (Å²) in [6, 6.07) is 25.0. The molecule has 0 saturated carbocycles. The molecule has 0 unspecified atom stereocenters. The molecule has 1 N–H and O–H groups in total. The number of nitrogens with one attached hydrogen (secondary N) is 1. The number of aromatic nitrogens is 2. The summed E-state index contributed by atoms with van der Waals surface area (Å²) >= 11 is 0. The number of hydrogen-bond donors (Lipinski definition) is 1. The van der Waals surface area contributed by atoms with Crippen LogP contribution in [0, 0.1) is 0 Å². The van der Waals surface area contributed by atoms with E-state index in [0.29, 0.717) is 18.2 Å². The minimum absolute atomic E-state index is 0.170. The van der Waals surface area contributed by atoms with E-state index in [1.165, 1.54) is 12.4 Å². The Morgan fingerprint density at radius 2 is 1.66 bits per heavy atom. The predicted octanol–water partition coefficient (Wildman–Crippen LogP) is 4.75. The first-order valence-corrected chi connectivity index (χ1v) is 9.26. The van der Waals surface area contributed by atoms with Crippen molar-refractivity contribution in [3.05, 3.63) is 102 Å².